The zero-order chi connectivity index (χ0) is 26.4. The third kappa shape index (κ3) is 2.98. The lowest BCUT2D eigenvalue weighted by Crippen LogP contribution is -2.54. The minimum absolute atomic E-state index is 0.0151. The Hall–Kier alpha value is -4.04. The highest BCUT2D eigenvalue weighted by Gasteiger charge is 2.57. The Morgan fingerprint density at radius 1 is 0.692 bits per heavy atom. The van der Waals surface area contributed by atoms with E-state index in [1.165, 1.54) is 86.1 Å². The monoisotopic (exact) mass is 507 g/mol. The van der Waals surface area contributed by atoms with Crippen LogP contribution in [0.3, 0.4) is 0 Å². The van der Waals surface area contributed by atoms with Gasteiger partial charge in [-0.3, -0.25) is 0 Å². The molecular weight excluding hydrogens is 474 g/mol. The van der Waals surface area contributed by atoms with Crippen molar-refractivity contribution in [2.45, 2.75) is 50.5 Å². The average molecular weight is 508 g/mol. The maximum absolute atomic E-state index is 5.64. The van der Waals surface area contributed by atoms with Crippen LogP contribution in [0.2, 0.25) is 0 Å². The van der Waals surface area contributed by atoms with Crippen LogP contribution in [0.25, 0.3) is 43.4 Å². The van der Waals surface area contributed by atoms with E-state index in [1.807, 2.05) is 6.07 Å². The molecule has 0 N–H and O–H groups in total. The van der Waals surface area contributed by atoms with Gasteiger partial charge in [-0.15, -0.1) is 0 Å². The van der Waals surface area contributed by atoms with Crippen LogP contribution in [0.1, 0.15) is 45.1 Å². The van der Waals surface area contributed by atoms with Gasteiger partial charge in [0.25, 0.3) is 0 Å². The van der Waals surface area contributed by atoms with Gasteiger partial charge in [0.2, 0.25) is 0 Å². The lowest BCUT2D eigenvalue weighted by molar-refractivity contribution is 0.195. The molecule has 2 heteroatoms. The van der Waals surface area contributed by atoms with Crippen molar-refractivity contribution in [2.24, 2.45) is 0 Å². The normalized spacial score (nSPS) is 22.5. The van der Waals surface area contributed by atoms with Crippen molar-refractivity contribution in [3.05, 3.63) is 103 Å². The predicted molar refractivity (Wildman–Crippen MR) is 165 cm³/mol. The molecule has 8 rings (SSSR count). The third-order valence-corrected chi connectivity index (χ3v) is 10.3. The average Bonchev–Trinajstić information content (AvgIpc) is 3.18. The first-order valence-corrected chi connectivity index (χ1v) is 14.3. The second-order valence-electron chi connectivity index (χ2n) is 12.1. The fourth-order valence-electron chi connectivity index (χ4n) is 8.04. The van der Waals surface area contributed by atoms with E-state index in [9.17, 15) is 0 Å². The molecule has 1 fully saturated rings. The molecule has 2 unspecified atom stereocenters. The van der Waals surface area contributed by atoms with E-state index in [0.717, 1.165) is 5.75 Å². The van der Waals surface area contributed by atoms with Crippen LogP contribution in [0.5, 0.6) is 5.75 Å². The quantitative estimate of drug-likeness (QED) is 0.221. The smallest absolute Gasteiger partial charge is 0.120 e. The van der Waals surface area contributed by atoms with Crippen molar-refractivity contribution in [1.29, 1.82) is 0 Å². The number of fused-ring (bicyclic) bond motifs is 3. The van der Waals surface area contributed by atoms with Gasteiger partial charge in [-0.1, -0.05) is 86.5 Å². The second kappa shape index (κ2) is 7.99. The van der Waals surface area contributed by atoms with Gasteiger partial charge in [-0.25, -0.2) is 0 Å². The summed E-state index contributed by atoms with van der Waals surface area (Å²) in [6.45, 7) is 5.00. The standard InChI is InChI=1S/C37H33NO/c1-36-20-4-5-21-37(36,2)38(28-10-7-11-29(23-28)39-3)33-19-16-27(22-32(33)36)30-17-14-26-13-12-24-8-6-9-25-15-18-31(30)35(26)34(24)25/h6-19,22-23H,4-5,20-21H2,1-3H3. The van der Waals surface area contributed by atoms with Gasteiger partial charge in [0.15, 0.2) is 0 Å². The van der Waals surface area contributed by atoms with Crippen molar-refractivity contribution in [2.75, 3.05) is 12.0 Å². The van der Waals surface area contributed by atoms with Crippen LogP contribution >= 0.6 is 0 Å². The molecule has 6 aromatic carbocycles. The fourth-order valence-corrected chi connectivity index (χ4v) is 8.04. The molecule has 1 saturated carbocycles. The zero-order valence-corrected chi connectivity index (χ0v) is 22.9. The molecule has 0 saturated heterocycles. The number of hydrogen-bond donors (Lipinski definition) is 0. The van der Waals surface area contributed by atoms with Crippen molar-refractivity contribution in [3.63, 3.8) is 0 Å². The fraction of sp³-hybridized carbons (Fsp3) is 0.243. The molecule has 0 radical (unpaired) electrons. The molecule has 2 aliphatic rings. The van der Waals surface area contributed by atoms with E-state index in [4.69, 9.17) is 4.74 Å². The van der Waals surface area contributed by atoms with Gasteiger partial charge < -0.3 is 9.64 Å². The molecule has 6 aromatic rings. The summed E-state index contributed by atoms with van der Waals surface area (Å²) in [4.78, 5) is 2.62. The summed E-state index contributed by atoms with van der Waals surface area (Å²) in [6, 6.07) is 36.3. The van der Waals surface area contributed by atoms with E-state index in [1.54, 1.807) is 7.11 Å². The van der Waals surface area contributed by atoms with E-state index >= 15 is 0 Å². The highest BCUT2D eigenvalue weighted by molar-refractivity contribution is 6.25. The Balaban J connectivity index is 1.36. The summed E-state index contributed by atoms with van der Waals surface area (Å²) >= 11 is 0. The predicted octanol–water partition coefficient (Wildman–Crippen LogP) is 10.0. The van der Waals surface area contributed by atoms with Crippen LogP contribution in [0.15, 0.2) is 97.1 Å². The molecule has 0 amide bonds. The molecule has 0 spiro atoms. The lowest BCUT2D eigenvalue weighted by Gasteiger charge is -2.50. The molecule has 1 aliphatic carbocycles. The summed E-state index contributed by atoms with van der Waals surface area (Å²) in [5.41, 5.74) is 6.77. The number of nitrogens with zero attached hydrogens (tertiary/aromatic N) is 1. The number of rotatable bonds is 3. The Morgan fingerprint density at radius 3 is 2.23 bits per heavy atom. The van der Waals surface area contributed by atoms with E-state index < -0.39 is 0 Å². The minimum atomic E-state index is 0.0151. The van der Waals surface area contributed by atoms with Crippen molar-refractivity contribution >= 4 is 43.7 Å². The Morgan fingerprint density at radius 2 is 1.41 bits per heavy atom. The second-order valence-corrected chi connectivity index (χ2v) is 12.1. The van der Waals surface area contributed by atoms with Crippen molar-refractivity contribution in [3.8, 4) is 16.9 Å². The number of anilines is 2. The van der Waals surface area contributed by atoms with Crippen molar-refractivity contribution in [1.82, 2.24) is 0 Å². The number of methoxy groups -OCH3 is 1. The Kier molecular flexibility index (Phi) is 4.69. The molecule has 2 atom stereocenters. The van der Waals surface area contributed by atoms with Gasteiger partial charge in [-0.2, -0.15) is 0 Å². The Labute approximate surface area is 230 Å². The van der Waals surface area contributed by atoms with E-state index in [-0.39, 0.29) is 11.0 Å². The van der Waals surface area contributed by atoms with Crippen LogP contribution in [-0.2, 0) is 5.41 Å². The maximum Gasteiger partial charge on any atom is 0.120 e. The molecule has 0 aromatic heterocycles. The first kappa shape index (κ1) is 22.9. The lowest BCUT2D eigenvalue weighted by atomic mass is 9.61. The molecule has 39 heavy (non-hydrogen) atoms. The number of hydrogen-bond acceptors (Lipinski definition) is 2. The topological polar surface area (TPSA) is 12.5 Å². The summed E-state index contributed by atoms with van der Waals surface area (Å²) in [5, 5.41) is 8.06. The summed E-state index contributed by atoms with van der Waals surface area (Å²) in [7, 11) is 1.76. The highest BCUT2D eigenvalue weighted by atomic mass is 16.5. The zero-order valence-electron chi connectivity index (χ0n) is 22.9. The van der Waals surface area contributed by atoms with Gasteiger partial charge in [0.05, 0.1) is 12.6 Å². The van der Waals surface area contributed by atoms with Gasteiger partial charge in [0.1, 0.15) is 5.75 Å². The molecule has 192 valence electrons. The molecule has 1 aliphatic heterocycles. The number of ether oxygens (including phenoxy) is 1. The summed E-state index contributed by atoms with van der Waals surface area (Å²) < 4.78 is 5.64. The largest absolute Gasteiger partial charge is 0.497 e. The van der Waals surface area contributed by atoms with E-state index in [0.29, 0.717) is 0 Å². The Bertz CT molecular complexity index is 1890. The van der Waals surface area contributed by atoms with Gasteiger partial charge >= 0.3 is 0 Å². The molecular formula is C37H33NO. The highest BCUT2D eigenvalue weighted by Crippen LogP contribution is 2.61. The SMILES string of the molecule is COc1cccc(N2c3ccc(-c4ccc5ccc6cccc7ccc4c5c67)cc3C3(C)CCCCC23C)c1. The van der Waals surface area contributed by atoms with Crippen LogP contribution in [0.4, 0.5) is 11.4 Å². The van der Waals surface area contributed by atoms with Gasteiger partial charge in [0, 0.05) is 22.9 Å². The molecule has 1 heterocycles. The molecule has 2 nitrogen and oxygen atoms in total. The third-order valence-electron chi connectivity index (χ3n) is 10.3. The van der Waals surface area contributed by atoms with Crippen LogP contribution in [-0.4, -0.2) is 12.6 Å². The van der Waals surface area contributed by atoms with Gasteiger partial charge in [-0.05, 0) is 93.0 Å². The first-order chi connectivity index (χ1) is 19.0. The summed E-state index contributed by atoms with van der Waals surface area (Å²) in [5.74, 6) is 0.910. The van der Waals surface area contributed by atoms with E-state index in [2.05, 4.69) is 110 Å². The van der Waals surface area contributed by atoms with Crippen LogP contribution in [0, 0.1) is 0 Å². The first-order valence-electron chi connectivity index (χ1n) is 14.3. The van der Waals surface area contributed by atoms with Crippen LogP contribution < -0.4 is 9.64 Å². The molecule has 0 bridgehead atoms. The minimum Gasteiger partial charge on any atom is -0.497 e. The maximum atomic E-state index is 5.64. The number of benzene rings is 6. The van der Waals surface area contributed by atoms with Crippen molar-refractivity contribution < 1.29 is 4.74 Å². The summed E-state index contributed by atoms with van der Waals surface area (Å²) in [6.07, 6.45) is 4.94.